The van der Waals surface area contributed by atoms with Crippen molar-refractivity contribution < 1.29 is 14.6 Å². The normalized spacial score (nSPS) is 10.3. The van der Waals surface area contributed by atoms with E-state index in [4.69, 9.17) is 21.4 Å². The molecule has 0 atom stereocenters. The largest absolute Gasteiger partial charge is 0.477 e. The van der Waals surface area contributed by atoms with Crippen molar-refractivity contribution in [3.63, 3.8) is 0 Å². The van der Waals surface area contributed by atoms with Crippen molar-refractivity contribution >= 4 is 17.6 Å². The van der Waals surface area contributed by atoms with E-state index in [9.17, 15) is 4.79 Å². The van der Waals surface area contributed by atoms with Crippen molar-refractivity contribution in [3.8, 4) is 11.6 Å². The van der Waals surface area contributed by atoms with Gasteiger partial charge in [-0.1, -0.05) is 17.7 Å². The zero-order valence-corrected chi connectivity index (χ0v) is 11.2. The lowest BCUT2D eigenvalue weighted by Crippen LogP contribution is -2.03. The van der Waals surface area contributed by atoms with E-state index in [0.717, 1.165) is 5.56 Å². The van der Waals surface area contributed by atoms with E-state index in [1.54, 1.807) is 25.1 Å². The molecule has 2 aromatic rings. The van der Waals surface area contributed by atoms with Gasteiger partial charge in [0, 0.05) is 5.69 Å². The Hall–Kier alpha value is -2.07. The van der Waals surface area contributed by atoms with Crippen molar-refractivity contribution in [2.24, 2.45) is 0 Å². The van der Waals surface area contributed by atoms with Crippen LogP contribution in [0.3, 0.4) is 0 Å². The Labute approximate surface area is 115 Å². The molecule has 0 amide bonds. The summed E-state index contributed by atoms with van der Waals surface area (Å²) in [5.41, 5.74) is 1.67. The van der Waals surface area contributed by atoms with Crippen molar-refractivity contribution in [3.05, 3.63) is 52.2 Å². The molecule has 5 heteroatoms. The molecule has 0 fully saturated rings. The number of aromatic carboxylic acids is 1. The van der Waals surface area contributed by atoms with Gasteiger partial charge in [0.15, 0.2) is 0 Å². The molecule has 1 N–H and O–H groups in total. The molecule has 0 saturated carbocycles. The van der Waals surface area contributed by atoms with E-state index in [2.05, 4.69) is 4.98 Å². The van der Waals surface area contributed by atoms with Gasteiger partial charge in [0.05, 0.1) is 5.02 Å². The molecule has 0 radical (unpaired) electrons. The van der Waals surface area contributed by atoms with Gasteiger partial charge in [0.1, 0.15) is 11.3 Å². The zero-order chi connectivity index (χ0) is 14.0. The molecule has 0 bridgehead atoms. The van der Waals surface area contributed by atoms with Crippen LogP contribution in [-0.4, -0.2) is 16.1 Å². The van der Waals surface area contributed by atoms with Gasteiger partial charge in [0.2, 0.25) is 5.88 Å². The number of carbonyl (C=O) groups is 1. The lowest BCUT2D eigenvalue weighted by molar-refractivity contribution is 0.0693. The first kappa shape index (κ1) is 13.4. The van der Waals surface area contributed by atoms with Crippen molar-refractivity contribution in [2.75, 3.05) is 0 Å². The van der Waals surface area contributed by atoms with Gasteiger partial charge < -0.3 is 9.84 Å². The Kier molecular flexibility index (Phi) is 3.71. The minimum atomic E-state index is -1.09. The SMILES string of the molecule is Cc1ccc(Oc2nc(C)ccc2C(=O)O)c(Cl)c1. The van der Waals surface area contributed by atoms with Gasteiger partial charge in [-0.05, 0) is 43.7 Å². The minimum Gasteiger partial charge on any atom is -0.477 e. The van der Waals surface area contributed by atoms with Gasteiger partial charge >= 0.3 is 5.97 Å². The summed E-state index contributed by atoms with van der Waals surface area (Å²) in [5, 5.41) is 9.51. The summed E-state index contributed by atoms with van der Waals surface area (Å²) in [6.07, 6.45) is 0. The maximum Gasteiger partial charge on any atom is 0.341 e. The quantitative estimate of drug-likeness (QED) is 0.926. The van der Waals surface area contributed by atoms with Crippen molar-refractivity contribution in [1.82, 2.24) is 4.98 Å². The maximum atomic E-state index is 11.1. The lowest BCUT2D eigenvalue weighted by atomic mass is 10.2. The summed E-state index contributed by atoms with van der Waals surface area (Å²) < 4.78 is 5.51. The van der Waals surface area contributed by atoms with E-state index >= 15 is 0 Å². The molecule has 98 valence electrons. The third kappa shape index (κ3) is 3.03. The number of ether oxygens (including phenoxy) is 1. The predicted molar refractivity (Wildman–Crippen MR) is 72.2 cm³/mol. The van der Waals surface area contributed by atoms with Gasteiger partial charge in [-0.25, -0.2) is 9.78 Å². The van der Waals surface area contributed by atoms with Crippen LogP contribution < -0.4 is 4.74 Å². The summed E-state index contributed by atoms with van der Waals surface area (Å²) in [5.74, 6) is -0.670. The van der Waals surface area contributed by atoms with E-state index in [1.165, 1.54) is 6.07 Å². The number of nitrogens with zero attached hydrogens (tertiary/aromatic N) is 1. The number of carboxylic acids is 1. The summed E-state index contributed by atoms with van der Waals surface area (Å²) >= 11 is 6.05. The number of hydrogen-bond acceptors (Lipinski definition) is 3. The van der Waals surface area contributed by atoms with Crippen LogP contribution in [0.1, 0.15) is 21.6 Å². The highest BCUT2D eigenvalue weighted by Crippen LogP contribution is 2.30. The highest BCUT2D eigenvalue weighted by atomic mass is 35.5. The van der Waals surface area contributed by atoms with Crippen LogP contribution in [0.2, 0.25) is 5.02 Å². The number of carboxylic acid groups (broad SMARTS) is 1. The van der Waals surface area contributed by atoms with Crippen molar-refractivity contribution in [1.29, 1.82) is 0 Å². The number of benzene rings is 1. The molecule has 19 heavy (non-hydrogen) atoms. The maximum absolute atomic E-state index is 11.1. The number of pyridine rings is 1. The van der Waals surface area contributed by atoms with Crippen LogP contribution in [0.15, 0.2) is 30.3 Å². The van der Waals surface area contributed by atoms with Gasteiger partial charge in [0.25, 0.3) is 0 Å². The van der Waals surface area contributed by atoms with Crippen LogP contribution in [0.4, 0.5) is 0 Å². The molecule has 4 nitrogen and oxygen atoms in total. The molecule has 0 aliphatic carbocycles. The smallest absolute Gasteiger partial charge is 0.341 e. The van der Waals surface area contributed by atoms with Crippen LogP contribution in [-0.2, 0) is 0 Å². The molecule has 0 aliphatic rings. The molecule has 0 saturated heterocycles. The highest BCUT2D eigenvalue weighted by Gasteiger charge is 2.15. The monoisotopic (exact) mass is 277 g/mol. The fraction of sp³-hybridized carbons (Fsp3) is 0.143. The second-order valence-corrected chi connectivity index (χ2v) is 4.55. The Balaban J connectivity index is 2.42. The minimum absolute atomic E-state index is 0.00208. The number of rotatable bonds is 3. The van der Waals surface area contributed by atoms with Crippen LogP contribution >= 0.6 is 11.6 Å². The average Bonchev–Trinajstić information content (AvgIpc) is 2.32. The summed E-state index contributed by atoms with van der Waals surface area (Å²) in [7, 11) is 0. The second kappa shape index (κ2) is 5.28. The number of aryl methyl sites for hydroxylation is 2. The Morgan fingerprint density at radius 3 is 2.63 bits per heavy atom. The molecule has 1 aromatic heterocycles. The first-order chi connectivity index (χ1) is 8.97. The molecule has 2 rings (SSSR count). The van der Waals surface area contributed by atoms with Gasteiger partial charge in [-0.3, -0.25) is 0 Å². The molecule has 0 spiro atoms. The Morgan fingerprint density at radius 2 is 2.00 bits per heavy atom. The van der Waals surface area contributed by atoms with Crippen LogP contribution in [0, 0.1) is 13.8 Å². The third-order valence-electron chi connectivity index (χ3n) is 2.52. The molecular weight excluding hydrogens is 266 g/mol. The highest BCUT2D eigenvalue weighted by molar-refractivity contribution is 6.32. The van der Waals surface area contributed by atoms with E-state index in [0.29, 0.717) is 16.5 Å². The van der Waals surface area contributed by atoms with E-state index in [-0.39, 0.29) is 11.4 Å². The topological polar surface area (TPSA) is 59.4 Å². The van der Waals surface area contributed by atoms with Crippen LogP contribution in [0.25, 0.3) is 0 Å². The fourth-order valence-electron chi connectivity index (χ4n) is 1.57. The number of hydrogen-bond donors (Lipinski definition) is 1. The molecular formula is C14H12ClNO3. The summed E-state index contributed by atoms with van der Waals surface area (Å²) in [6, 6.07) is 8.34. The third-order valence-corrected chi connectivity index (χ3v) is 2.82. The van der Waals surface area contributed by atoms with E-state index < -0.39 is 5.97 Å². The summed E-state index contributed by atoms with van der Waals surface area (Å²) in [4.78, 5) is 15.2. The first-order valence-electron chi connectivity index (χ1n) is 5.62. The molecule has 0 unspecified atom stereocenters. The standard InChI is InChI=1S/C14H12ClNO3/c1-8-3-6-12(11(15)7-8)19-13-10(14(17)18)5-4-9(2)16-13/h3-7H,1-2H3,(H,17,18). The number of aromatic nitrogens is 1. The molecule has 0 aliphatic heterocycles. The van der Waals surface area contributed by atoms with Crippen LogP contribution in [0.5, 0.6) is 11.6 Å². The second-order valence-electron chi connectivity index (χ2n) is 4.15. The Morgan fingerprint density at radius 1 is 1.26 bits per heavy atom. The zero-order valence-electron chi connectivity index (χ0n) is 10.5. The molecule has 1 heterocycles. The van der Waals surface area contributed by atoms with E-state index in [1.807, 2.05) is 13.0 Å². The summed E-state index contributed by atoms with van der Waals surface area (Å²) in [6.45, 7) is 3.67. The van der Waals surface area contributed by atoms with Gasteiger partial charge in [-0.15, -0.1) is 0 Å². The average molecular weight is 278 g/mol. The number of halogens is 1. The Bertz CT molecular complexity index is 641. The predicted octanol–water partition coefficient (Wildman–Crippen LogP) is 3.84. The lowest BCUT2D eigenvalue weighted by Gasteiger charge is -2.10. The van der Waals surface area contributed by atoms with Crippen molar-refractivity contribution in [2.45, 2.75) is 13.8 Å². The fourth-order valence-corrected chi connectivity index (χ4v) is 1.84. The first-order valence-corrected chi connectivity index (χ1v) is 6.00. The van der Waals surface area contributed by atoms with Gasteiger partial charge in [-0.2, -0.15) is 0 Å². The molecule has 1 aromatic carbocycles.